The molecule has 8 heteroatoms. The van der Waals surface area contributed by atoms with Crippen molar-refractivity contribution in [3.8, 4) is 5.88 Å². The molecule has 1 unspecified atom stereocenters. The third-order valence-electron chi connectivity index (χ3n) is 3.64. The third-order valence-corrected chi connectivity index (χ3v) is 3.64. The van der Waals surface area contributed by atoms with Crippen molar-refractivity contribution in [1.82, 2.24) is 4.98 Å². The van der Waals surface area contributed by atoms with Gasteiger partial charge in [0, 0.05) is 11.8 Å². The fraction of sp³-hybridized carbons (Fsp3) is 0.250. The lowest BCUT2D eigenvalue weighted by Gasteiger charge is -2.32. The number of nitrogens with zero attached hydrogens (tertiary/aromatic N) is 2. The Morgan fingerprint density at radius 2 is 2.00 bits per heavy atom. The fourth-order valence-corrected chi connectivity index (χ4v) is 2.40. The molecule has 1 aliphatic rings. The van der Waals surface area contributed by atoms with Crippen molar-refractivity contribution >= 4 is 11.6 Å². The number of carbonyl (C=O) groups excluding carboxylic acids is 1. The van der Waals surface area contributed by atoms with Crippen LogP contribution in [0.25, 0.3) is 0 Å². The van der Waals surface area contributed by atoms with E-state index in [1.54, 1.807) is 6.07 Å². The Morgan fingerprint density at radius 1 is 1.29 bits per heavy atom. The smallest absolute Gasteiger partial charge is 0.417 e. The Bertz CT molecular complexity index is 792. The highest BCUT2D eigenvalue weighted by Crippen LogP contribution is 2.38. The van der Waals surface area contributed by atoms with E-state index in [9.17, 15) is 22.4 Å². The first-order chi connectivity index (χ1) is 11.3. The van der Waals surface area contributed by atoms with Crippen LogP contribution in [0.2, 0.25) is 0 Å². The molecule has 0 bridgehead atoms. The van der Waals surface area contributed by atoms with Gasteiger partial charge in [-0.25, -0.2) is 9.37 Å². The molecule has 0 spiro atoms. The standard InChI is InChI=1S/C16H12F4N2O2/c1-9-15(23)22(8-10-4-2-3-5-12(10)17)13-6-11(16(18,19)20)7-21-14(13)24-9/h2-7,9H,8H2,1H3. The molecule has 126 valence electrons. The molecule has 24 heavy (non-hydrogen) atoms. The predicted molar refractivity (Wildman–Crippen MR) is 76.9 cm³/mol. The van der Waals surface area contributed by atoms with E-state index in [1.807, 2.05) is 0 Å². The predicted octanol–water partition coefficient (Wildman–Crippen LogP) is 3.55. The second-order valence-corrected chi connectivity index (χ2v) is 5.32. The summed E-state index contributed by atoms with van der Waals surface area (Å²) in [6.45, 7) is 1.24. The van der Waals surface area contributed by atoms with E-state index in [-0.39, 0.29) is 23.7 Å². The van der Waals surface area contributed by atoms with Crippen molar-refractivity contribution in [2.24, 2.45) is 0 Å². The number of carbonyl (C=O) groups is 1. The first-order valence-corrected chi connectivity index (χ1v) is 7.06. The van der Waals surface area contributed by atoms with Gasteiger partial charge in [-0.15, -0.1) is 0 Å². The highest BCUT2D eigenvalue weighted by molar-refractivity contribution is 5.99. The van der Waals surface area contributed by atoms with Gasteiger partial charge in [-0.3, -0.25) is 9.69 Å². The number of pyridine rings is 1. The molecule has 0 saturated heterocycles. The van der Waals surface area contributed by atoms with Crippen LogP contribution in [-0.4, -0.2) is 17.0 Å². The number of halogens is 4. The molecule has 0 saturated carbocycles. The first kappa shape index (κ1) is 16.2. The second kappa shape index (κ2) is 5.77. The van der Waals surface area contributed by atoms with Crippen molar-refractivity contribution in [2.45, 2.75) is 25.7 Å². The van der Waals surface area contributed by atoms with Crippen LogP contribution >= 0.6 is 0 Å². The summed E-state index contributed by atoms with van der Waals surface area (Å²) in [4.78, 5) is 17.0. The van der Waals surface area contributed by atoms with Gasteiger partial charge < -0.3 is 4.74 Å². The topological polar surface area (TPSA) is 42.4 Å². The number of aromatic nitrogens is 1. The van der Waals surface area contributed by atoms with E-state index in [2.05, 4.69) is 4.98 Å². The Kier molecular flexibility index (Phi) is 3.90. The van der Waals surface area contributed by atoms with Crippen LogP contribution in [0.3, 0.4) is 0 Å². The van der Waals surface area contributed by atoms with Crippen LogP contribution in [0.4, 0.5) is 23.2 Å². The Balaban J connectivity index is 2.06. The van der Waals surface area contributed by atoms with E-state index in [4.69, 9.17) is 4.74 Å². The van der Waals surface area contributed by atoms with Gasteiger partial charge in [-0.1, -0.05) is 18.2 Å². The van der Waals surface area contributed by atoms with E-state index < -0.39 is 29.6 Å². The SMILES string of the molecule is CC1Oc2ncc(C(F)(F)F)cc2N(Cc2ccccc2F)C1=O. The Morgan fingerprint density at radius 3 is 2.67 bits per heavy atom. The summed E-state index contributed by atoms with van der Waals surface area (Å²) in [6, 6.07) is 6.53. The summed E-state index contributed by atoms with van der Waals surface area (Å²) in [6.07, 6.45) is -4.89. The largest absolute Gasteiger partial charge is 0.463 e. The number of rotatable bonds is 2. The quantitative estimate of drug-likeness (QED) is 0.785. The molecule has 3 rings (SSSR count). The van der Waals surface area contributed by atoms with Gasteiger partial charge in [0.2, 0.25) is 5.88 Å². The number of benzene rings is 1. The van der Waals surface area contributed by atoms with Crippen LogP contribution in [0.15, 0.2) is 36.5 Å². The number of fused-ring (bicyclic) bond motifs is 1. The fourth-order valence-electron chi connectivity index (χ4n) is 2.40. The lowest BCUT2D eigenvalue weighted by atomic mass is 10.1. The van der Waals surface area contributed by atoms with Crippen molar-refractivity contribution in [3.63, 3.8) is 0 Å². The van der Waals surface area contributed by atoms with Crippen molar-refractivity contribution in [2.75, 3.05) is 4.90 Å². The Labute approximate surface area is 134 Å². The number of anilines is 1. The van der Waals surface area contributed by atoms with E-state index >= 15 is 0 Å². The van der Waals surface area contributed by atoms with Crippen LogP contribution in [0, 0.1) is 5.82 Å². The van der Waals surface area contributed by atoms with Crippen LogP contribution < -0.4 is 9.64 Å². The van der Waals surface area contributed by atoms with Crippen LogP contribution in [0.1, 0.15) is 18.1 Å². The maximum absolute atomic E-state index is 13.8. The number of amides is 1. The summed E-state index contributed by atoms with van der Waals surface area (Å²) >= 11 is 0. The number of hydrogen-bond acceptors (Lipinski definition) is 3. The minimum atomic E-state index is -4.61. The van der Waals surface area contributed by atoms with Gasteiger partial charge in [-0.05, 0) is 19.1 Å². The van der Waals surface area contributed by atoms with Crippen molar-refractivity contribution in [1.29, 1.82) is 0 Å². The number of ether oxygens (including phenoxy) is 1. The normalized spacial score (nSPS) is 17.5. The van der Waals surface area contributed by atoms with E-state index in [0.717, 1.165) is 11.0 Å². The molecular formula is C16H12F4N2O2. The summed E-state index contributed by atoms with van der Waals surface area (Å²) < 4.78 is 57.8. The van der Waals surface area contributed by atoms with Crippen LogP contribution in [-0.2, 0) is 17.5 Å². The summed E-state index contributed by atoms with van der Waals surface area (Å²) in [7, 11) is 0. The molecule has 0 fully saturated rings. The molecule has 0 radical (unpaired) electrons. The lowest BCUT2D eigenvalue weighted by molar-refractivity contribution is -0.138. The average Bonchev–Trinajstić information content (AvgIpc) is 2.52. The molecule has 4 nitrogen and oxygen atoms in total. The zero-order chi connectivity index (χ0) is 17.5. The average molecular weight is 340 g/mol. The van der Waals surface area contributed by atoms with Gasteiger partial charge in [0.05, 0.1) is 12.1 Å². The highest BCUT2D eigenvalue weighted by Gasteiger charge is 2.37. The minimum Gasteiger partial charge on any atom is -0.463 e. The summed E-state index contributed by atoms with van der Waals surface area (Å²) in [5.41, 5.74) is -0.953. The van der Waals surface area contributed by atoms with Gasteiger partial charge in [0.25, 0.3) is 5.91 Å². The first-order valence-electron chi connectivity index (χ1n) is 7.06. The maximum Gasteiger partial charge on any atom is 0.417 e. The second-order valence-electron chi connectivity index (χ2n) is 5.32. The van der Waals surface area contributed by atoms with Gasteiger partial charge in [0.15, 0.2) is 6.10 Å². The minimum absolute atomic E-state index is 0.0913. The lowest BCUT2D eigenvalue weighted by Crippen LogP contribution is -2.44. The summed E-state index contributed by atoms with van der Waals surface area (Å²) in [5, 5.41) is 0. The third kappa shape index (κ3) is 2.91. The molecule has 1 aromatic heterocycles. The van der Waals surface area contributed by atoms with Crippen molar-refractivity contribution < 1.29 is 27.1 Å². The molecule has 1 aliphatic heterocycles. The molecule has 2 aromatic rings. The zero-order valence-electron chi connectivity index (χ0n) is 12.5. The van der Waals surface area contributed by atoms with Gasteiger partial charge in [0.1, 0.15) is 11.5 Å². The molecule has 1 amide bonds. The maximum atomic E-state index is 13.8. The van der Waals surface area contributed by atoms with Crippen molar-refractivity contribution in [3.05, 3.63) is 53.5 Å². The summed E-state index contributed by atoms with van der Waals surface area (Å²) in [5.74, 6) is -1.20. The zero-order valence-corrected chi connectivity index (χ0v) is 12.5. The van der Waals surface area contributed by atoms with E-state index in [0.29, 0.717) is 6.20 Å². The number of alkyl halides is 3. The molecule has 1 atom stereocenters. The Hall–Kier alpha value is -2.64. The number of hydrogen-bond donors (Lipinski definition) is 0. The molecular weight excluding hydrogens is 328 g/mol. The molecule has 1 aromatic carbocycles. The monoisotopic (exact) mass is 340 g/mol. The molecule has 0 N–H and O–H groups in total. The van der Waals surface area contributed by atoms with Gasteiger partial charge >= 0.3 is 6.18 Å². The molecule has 0 aliphatic carbocycles. The molecule has 2 heterocycles. The van der Waals surface area contributed by atoms with Gasteiger partial charge in [-0.2, -0.15) is 13.2 Å². The highest BCUT2D eigenvalue weighted by atomic mass is 19.4. The van der Waals surface area contributed by atoms with Crippen LogP contribution in [0.5, 0.6) is 5.88 Å². The van der Waals surface area contributed by atoms with E-state index in [1.165, 1.54) is 25.1 Å².